The third kappa shape index (κ3) is 4.99. The van der Waals surface area contributed by atoms with Gasteiger partial charge in [-0.05, 0) is 11.6 Å². The maximum atomic E-state index is 12.7. The Kier molecular flexibility index (Phi) is 7.55. The molecule has 114 valence electrons. The van der Waals surface area contributed by atoms with E-state index >= 15 is 0 Å². The summed E-state index contributed by atoms with van der Waals surface area (Å²) in [7, 11) is 1.31. The van der Waals surface area contributed by atoms with E-state index in [1.54, 1.807) is 0 Å². The molecule has 0 heterocycles. The van der Waals surface area contributed by atoms with Crippen molar-refractivity contribution in [2.75, 3.05) is 13.7 Å². The van der Waals surface area contributed by atoms with Crippen LogP contribution in [0.1, 0.15) is 11.1 Å². The highest BCUT2D eigenvalue weighted by molar-refractivity contribution is 5.85. The quantitative estimate of drug-likeness (QED) is 0.870. The Morgan fingerprint density at radius 3 is 2.50 bits per heavy atom. The van der Waals surface area contributed by atoms with Crippen LogP contribution in [0.4, 0.5) is 13.2 Å². The molecule has 0 aromatic heterocycles. The molecule has 0 saturated heterocycles. The summed E-state index contributed by atoms with van der Waals surface area (Å²) in [5.41, 5.74) is 4.52. The van der Waals surface area contributed by atoms with Crippen molar-refractivity contribution in [1.29, 1.82) is 0 Å². The van der Waals surface area contributed by atoms with Gasteiger partial charge < -0.3 is 15.8 Å². The van der Waals surface area contributed by atoms with Crippen molar-refractivity contribution in [3.8, 4) is 0 Å². The number of alkyl halides is 3. The van der Waals surface area contributed by atoms with Crippen LogP contribution >= 0.6 is 12.4 Å². The average Bonchev–Trinajstić information content (AvgIpc) is 2.37. The van der Waals surface area contributed by atoms with Crippen LogP contribution in [0.3, 0.4) is 0 Å². The molecular formula is C12H16ClF3N2O2. The van der Waals surface area contributed by atoms with E-state index in [1.807, 2.05) is 0 Å². The number of amides is 1. The fraction of sp³-hybridized carbons (Fsp3) is 0.417. The molecule has 0 spiro atoms. The Bertz CT molecular complexity index is 437. The van der Waals surface area contributed by atoms with E-state index in [1.165, 1.54) is 25.3 Å². The van der Waals surface area contributed by atoms with Gasteiger partial charge in [0.05, 0.1) is 5.56 Å². The minimum Gasteiger partial charge on any atom is -0.370 e. The third-order valence-electron chi connectivity index (χ3n) is 2.57. The molecular weight excluding hydrogens is 297 g/mol. The summed E-state index contributed by atoms with van der Waals surface area (Å²) in [6.07, 6.45) is -5.31. The van der Waals surface area contributed by atoms with E-state index in [4.69, 9.17) is 10.5 Å². The maximum Gasteiger partial charge on any atom is 0.416 e. The molecule has 0 radical (unpaired) electrons. The SMILES string of the molecule is COC(CN)C(=O)NCc1ccccc1C(F)(F)F.Cl. The molecule has 0 aliphatic carbocycles. The largest absolute Gasteiger partial charge is 0.416 e. The Labute approximate surface area is 120 Å². The standard InChI is InChI=1S/C12H15F3N2O2.ClH/c1-19-10(6-16)11(18)17-7-8-4-2-3-5-9(8)12(13,14)15;/h2-5,10H,6-7,16H2,1H3,(H,17,18);1H. The third-order valence-corrected chi connectivity index (χ3v) is 2.57. The minimum atomic E-state index is -4.45. The number of ether oxygens (including phenoxy) is 1. The van der Waals surface area contributed by atoms with Gasteiger partial charge in [0.2, 0.25) is 0 Å². The van der Waals surface area contributed by atoms with Crippen LogP contribution in [0, 0.1) is 0 Å². The van der Waals surface area contributed by atoms with E-state index in [-0.39, 0.29) is 31.1 Å². The van der Waals surface area contributed by atoms with Crippen molar-refractivity contribution in [1.82, 2.24) is 5.32 Å². The smallest absolute Gasteiger partial charge is 0.370 e. The Morgan fingerprint density at radius 2 is 2.00 bits per heavy atom. The molecule has 3 N–H and O–H groups in total. The second-order valence-electron chi connectivity index (χ2n) is 3.83. The summed E-state index contributed by atoms with van der Waals surface area (Å²) >= 11 is 0. The second-order valence-corrected chi connectivity index (χ2v) is 3.83. The topological polar surface area (TPSA) is 64.3 Å². The van der Waals surface area contributed by atoms with Gasteiger partial charge in [0.25, 0.3) is 5.91 Å². The Morgan fingerprint density at radius 1 is 1.40 bits per heavy atom. The Hall–Kier alpha value is -1.31. The molecule has 20 heavy (non-hydrogen) atoms. The van der Waals surface area contributed by atoms with Crippen molar-refractivity contribution in [3.63, 3.8) is 0 Å². The lowest BCUT2D eigenvalue weighted by atomic mass is 10.1. The van der Waals surface area contributed by atoms with Gasteiger partial charge in [0.1, 0.15) is 6.10 Å². The summed E-state index contributed by atoms with van der Waals surface area (Å²) in [4.78, 5) is 11.5. The first-order valence-corrected chi connectivity index (χ1v) is 5.55. The summed E-state index contributed by atoms with van der Waals surface area (Å²) < 4.78 is 42.9. The van der Waals surface area contributed by atoms with Crippen molar-refractivity contribution >= 4 is 18.3 Å². The zero-order valence-electron chi connectivity index (χ0n) is 10.7. The summed E-state index contributed by atoms with van der Waals surface area (Å²) in [6.45, 7) is -0.266. The molecule has 1 rings (SSSR count). The number of halogens is 4. The van der Waals surface area contributed by atoms with E-state index in [2.05, 4.69) is 5.32 Å². The van der Waals surface area contributed by atoms with Crippen molar-refractivity contribution < 1.29 is 22.7 Å². The highest BCUT2D eigenvalue weighted by atomic mass is 35.5. The number of rotatable bonds is 5. The molecule has 0 fully saturated rings. The molecule has 1 aromatic rings. The molecule has 1 aromatic carbocycles. The van der Waals surface area contributed by atoms with Gasteiger partial charge in [-0.3, -0.25) is 4.79 Å². The summed E-state index contributed by atoms with van der Waals surface area (Å²) in [5, 5.41) is 2.37. The van der Waals surface area contributed by atoms with Gasteiger partial charge in [-0.15, -0.1) is 12.4 Å². The molecule has 0 aliphatic heterocycles. The molecule has 1 atom stereocenters. The number of nitrogens with two attached hydrogens (primary N) is 1. The number of benzene rings is 1. The monoisotopic (exact) mass is 312 g/mol. The van der Waals surface area contributed by atoms with E-state index in [0.717, 1.165) is 6.07 Å². The lowest BCUT2D eigenvalue weighted by molar-refractivity contribution is -0.138. The first-order chi connectivity index (χ1) is 8.90. The summed E-state index contributed by atoms with van der Waals surface area (Å²) in [5.74, 6) is -0.540. The van der Waals surface area contributed by atoms with E-state index in [0.29, 0.717) is 0 Å². The molecule has 0 saturated carbocycles. The fourth-order valence-corrected chi connectivity index (χ4v) is 1.56. The second kappa shape index (κ2) is 8.08. The molecule has 1 amide bonds. The first-order valence-electron chi connectivity index (χ1n) is 5.55. The van der Waals surface area contributed by atoms with Gasteiger partial charge >= 0.3 is 6.18 Å². The molecule has 0 aliphatic rings. The molecule has 8 heteroatoms. The normalized spacial score (nSPS) is 12.4. The van der Waals surface area contributed by atoms with Crippen LogP contribution in [-0.4, -0.2) is 25.7 Å². The zero-order valence-corrected chi connectivity index (χ0v) is 11.6. The molecule has 0 bridgehead atoms. The van der Waals surface area contributed by atoms with Crippen LogP contribution in [-0.2, 0) is 22.3 Å². The lowest BCUT2D eigenvalue weighted by Crippen LogP contribution is -2.40. The van der Waals surface area contributed by atoms with Crippen LogP contribution in [0.15, 0.2) is 24.3 Å². The van der Waals surface area contributed by atoms with Crippen molar-refractivity contribution in [2.24, 2.45) is 5.73 Å². The predicted octanol–water partition coefficient (Wildman–Crippen LogP) is 1.72. The van der Waals surface area contributed by atoms with Crippen LogP contribution in [0.5, 0.6) is 0 Å². The predicted molar refractivity (Wildman–Crippen MR) is 70.4 cm³/mol. The van der Waals surface area contributed by atoms with Gasteiger partial charge in [0.15, 0.2) is 0 Å². The number of carbonyl (C=O) groups is 1. The average molecular weight is 313 g/mol. The number of nitrogens with one attached hydrogen (secondary N) is 1. The fourth-order valence-electron chi connectivity index (χ4n) is 1.56. The highest BCUT2D eigenvalue weighted by Crippen LogP contribution is 2.31. The maximum absolute atomic E-state index is 12.7. The van der Waals surface area contributed by atoms with Crippen LogP contribution < -0.4 is 11.1 Å². The van der Waals surface area contributed by atoms with Gasteiger partial charge in [0, 0.05) is 20.2 Å². The van der Waals surface area contributed by atoms with Crippen LogP contribution in [0.25, 0.3) is 0 Å². The van der Waals surface area contributed by atoms with Gasteiger partial charge in [-0.25, -0.2) is 0 Å². The number of hydrogen-bond donors (Lipinski definition) is 2. The number of hydrogen-bond acceptors (Lipinski definition) is 3. The number of carbonyl (C=O) groups excluding carboxylic acids is 1. The zero-order chi connectivity index (χ0) is 14.5. The highest BCUT2D eigenvalue weighted by Gasteiger charge is 2.32. The van der Waals surface area contributed by atoms with E-state index < -0.39 is 23.8 Å². The van der Waals surface area contributed by atoms with Crippen molar-refractivity contribution in [3.05, 3.63) is 35.4 Å². The first kappa shape index (κ1) is 18.7. The minimum absolute atomic E-state index is 0. The Balaban J connectivity index is 0.00000361. The molecule has 1 unspecified atom stereocenters. The number of methoxy groups -OCH3 is 1. The summed E-state index contributed by atoms with van der Waals surface area (Å²) in [6, 6.07) is 5.06. The van der Waals surface area contributed by atoms with Crippen LogP contribution in [0.2, 0.25) is 0 Å². The van der Waals surface area contributed by atoms with Gasteiger partial charge in [-0.2, -0.15) is 13.2 Å². The lowest BCUT2D eigenvalue weighted by Gasteiger charge is -2.16. The van der Waals surface area contributed by atoms with Crippen molar-refractivity contribution in [2.45, 2.75) is 18.8 Å². The molecule has 4 nitrogen and oxygen atoms in total. The van der Waals surface area contributed by atoms with E-state index in [9.17, 15) is 18.0 Å². The van der Waals surface area contributed by atoms with Gasteiger partial charge in [-0.1, -0.05) is 18.2 Å².